The molecule has 0 bridgehead atoms. The summed E-state index contributed by atoms with van der Waals surface area (Å²) in [5.74, 6) is -0.379. The average molecular weight is 302 g/mol. The standard InChI is InChI=1S/C17H18O3S/c1-12-4-3-5-13(2)16(12)11-21(20)15-8-6-14(7-9-15)10-17(18)19/h3-9H,10-11H2,1-2H3,(H,18,19). The molecule has 0 spiro atoms. The SMILES string of the molecule is Cc1cccc(C)c1CS(=O)c1ccc(CC(=O)O)cc1. The number of benzene rings is 2. The number of aryl methyl sites for hydroxylation is 2. The van der Waals surface area contributed by atoms with Crippen molar-refractivity contribution in [2.24, 2.45) is 0 Å². The Morgan fingerprint density at radius 2 is 1.62 bits per heavy atom. The van der Waals surface area contributed by atoms with Crippen LogP contribution in [0.4, 0.5) is 0 Å². The fourth-order valence-corrected chi connectivity index (χ4v) is 3.55. The molecule has 0 heterocycles. The highest BCUT2D eigenvalue weighted by Gasteiger charge is 2.10. The van der Waals surface area contributed by atoms with E-state index in [-0.39, 0.29) is 6.42 Å². The van der Waals surface area contributed by atoms with Crippen molar-refractivity contribution in [3.63, 3.8) is 0 Å². The molecule has 1 atom stereocenters. The van der Waals surface area contributed by atoms with Crippen molar-refractivity contribution >= 4 is 16.8 Å². The van der Waals surface area contributed by atoms with Gasteiger partial charge >= 0.3 is 5.97 Å². The highest BCUT2D eigenvalue weighted by atomic mass is 32.2. The molecule has 0 aliphatic heterocycles. The molecule has 0 radical (unpaired) electrons. The molecule has 0 fully saturated rings. The first-order valence-corrected chi connectivity index (χ1v) is 8.03. The molecule has 4 heteroatoms. The van der Waals surface area contributed by atoms with Gasteiger partial charge in [-0.2, -0.15) is 0 Å². The Morgan fingerprint density at radius 1 is 1.05 bits per heavy atom. The van der Waals surface area contributed by atoms with Crippen LogP contribution in [0, 0.1) is 13.8 Å². The van der Waals surface area contributed by atoms with Crippen LogP contribution in [-0.4, -0.2) is 15.3 Å². The number of rotatable bonds is 5. The Balaban J connectivity index is 2.15. The predicted octanol–water partition coefficient (Wildman–Crippen LogP) is 3.24. The molecular formula is C17H18O3S. The minimum Gasteiger partial charge on any atom is -0.481 e. The minimum atomic E-state index is -1.12. The van der Waals surface area contributed by atoms with Crippen molar-refractivity contribution in [2.75, 3.05) is 0 Å². The van der Waals surface area contributed by atoms with Crippen LogP contribution >= 0.6 is 0 Å². The summed E-state index contributed by atoms with van der Waals surface area (Å²) in [5, 5.41) is 8.74. The molecule has 2 aromatic carbocycles. The number of carboxylic acid groups (broad SMARTS) is 1. The van der Waals surface area contributed by atoms with E-state index in [0.717, 1.165) is 27.1 Å². The van der Waals surface area contributed by atoms with Crippen molar-refractivity contribution in [1.82, 2.24) is 0 Å². The number of hydrogen-bond acceptors (Lipinski definition) is 2. The second-order valence-electron chi connectivity index (χ2n) is 5.07. The van der Waals surface area contributed by atoms with Gasteiger partial charge in [-0.05, 0) is 48.2 Å². The minimum absolute atomic E-state index is 0.0101. The van der Waals surface area contributed by atoms with Gasteiger partial charge in [-0.15, -0.1) is 0 Å². The smallest absolute Gasteiger partial charge is 0.307 e. The zero-order valence-electron chi connectivity index (χ0n) is 12.1. The van der Waals surface area contributed by atoms with Crippen LogP contribution in [0.15, 0.2) is 47.4 Å². The molecule has 0 aliphatic rings. The maximum absolute atomic E-state index is 12.4. The lowest BCUT2D eigenvalue weighted by Crippen LogP contribution is -2.02. The van der Waals surface area contributed by atoms with Gasteiger partial charge in [0.1, 0.15) is 0 Å². The molecule has 1 N–H and O–H groups in total. The summed E-state index contributed by atoms with van der Waals surface area (Å²) in [6.07, 6.45) is -0.0101. The van der Waals surface area contributed by atoms with E-state index in [0.29, 0.717) is 5.75 Å². The van der Waals surface area contributed by atoms with Gasteiger partial charge in [-0.3, -0.25) is 9.00 Å². The number of hydrogen-bond donors (Lipinski definition) is 1. The van der Waals surface area contributed by atoms with Crippen molar-refractivity contribution in [2.45, 2.75) is 30.9 Å². The molecule has 21 heavy (non-hydrogen) atoms. The van der Waals surface area contributed by atoms with E-state index < -0.39 is 16.8 Å². The number of aliphatic carboxylic acids is 1. The van der Waals surface area contributed by atoms with Crippen molar-refractivity contribution < 1.29 is 14.1 Å². The highest BCUT2D eigenvalue weighted by Crippen LogP contribution is 2.19. The van der Waals surface area contributed by atoms with Gasteiger partial charge in [0.15, 0.2) is 0 Å². The first-order valence-electron chi connectivity index (χ1n) is 6.71. The van der Waals surface area contributed by atoms with Crippen molar-refractivity contribution in [1.29, 1.82) is 0 Å². The van der Waals surface area contributed by atoms with E-state index in [1.807, 2.05) is 32.0 Å². The molecule has 1 unspecified atom stereocenters. The lowest BCUT2D eigenvalue weighted by Gasteiger charge is -2.09. The molecule has 0 aliphatic carbocycles. The van der Waals surface area contributed by atoms with Gasteiger partial charge in [0.05, 0.1) is 23.0 Å². The summed E-state index contributed by atoms with van der Waals surface area (Å²) in [7, 11) is -1.12. The summed E-state index contributed by atoms with van der Waals surface area (Å²) in [6.45, 7) is 4.05. The van der Waals surface area contributed by atoms with Gasteiger partial charge in [-0.25, -0.2) is 0 Å². The second-order valence-corrected chi connectivity index (χ2v) is 6.53. The molecule has 0 aromatic heterocycles. The Bertz CT molecular complexity index is 655. The van der Waals surface area contributed by atoms with E-state index in [9.17, 15) is 9.00 Å². The van der Waals surface area contributed by atoms with E-state index >= 15 is 0 Å². The molecule has 0 amide bonds. The van der Waals surface area contributed by atoms with Gasteiger partial charge in [0.25, 0.3) is 0 Å². The summed E-state index contributed by atoms with van der Waals surface area (Å²) < 4.78 is 12.4. The third-order valence-corrected chi connectivity index (χ3v) is 4.81. The second kappa shape index (κ2) is 6.68. The Morgan fingerprint density at radius 3 is 2.14 bits per heavy atom. The average Bonchev–Trinajstić information content (AvgIpc) is 2.43. The topological polar surface area (TPSA) is 54.4 Å². The Hall–Kier alpha value is -1.94. The fourth-order valence-electron chi connectivity index (χ4n) is 2.22. The lowest BCUT2D eigenvalue weighted by molar-refractivity contribution is -0.136. The normalized spacial score (nSPS) is 12.1. The maximum atomic E-state index is 12.4. The largest absolute Gasteiger partial charge is 0.481 e. The van der Waals surface area contributed by atoms with Crippen LogP contribution in [0.3, 0.4) is 0 Å². The van der Waals surface area contributed by atoms with Crippen LogP contribution < -0.4 is 0 Å². The molecule has 110 valence electrons. The highest BCUT2D eigenvalue weighted by molar-refractivity contribution is 7.84. The molecule has 0 saturated carbocycles. The van der Waals surface area contributed by atoms with Gasteiger partial charge in [-0.1, -0.05) is 30.3 Å². The van der Waals surface area contributed by atoms with Gasteiger partial charge < -0.3 is 5.11 Å². The van der Waals surface area contributed by atoms with Crippen LogP contribution in [0.2, 0.25) is 0 Å². The van der Waals surface area contributed by atoms with E-state index in [2.05, 4.69) is 0 Å². The summed E-state index contributed by atoms with van der Waals surface area (Å²) >= 11 is 0. The number of carboxylic acids is 1. The van der Waals surface area contributed by atoms with Crippen LogP contribution in [0.5, 0.6) is 0 Å². The molecule has 0 saturated heterocycles. The predicted molar refractivity (Wildman–Crippen MR) is 83.8 cm³/mol. The molecule has 2 rings (SSSR count). The van der Waals surface area contributed by atoms with Crippen LogP contribution in [0.25, 0.3) is 0 Å². The summed E-state index contributed by atoms with van der Waals surface area (Å²) in [5.41, 5.74) is 4.12. The quantitative estimate of drug-likeness (QED) is 0.922. The third-order valence-electron chi connectivity index (χ3n) is 3.46. The molecule has 3 nitrogen and oxygen atoms in total. The monoisotopic (exact) mass is 302 g/mol. The van der Waals surface area contributed by atoms with E-state index in [1.165, 1.54) is 0 Å². The van der Waals surface area contributed by atoms with Crippen molar-refractivity contribution in [3.8, 4) is 0 Å². The molecular weight excluding hydrogens is 284 g/mol. The van der Waals surface area contributed by atoms with Crippen LogP contribution in [-0.2, 0) is 27.8 Å². The first-order chi connectivity index (χ1) is 9.97. The van der Waals surface area contributed by atoms with Crippen molar-refractivity contribution in [3.05, 3.63) is 64.7 Å². The van der Waals surface area contributed by atoms with Gasteiger partial charge in [0, 0.05) is 4.90 Å². The Kier molecular flexibility index (Phi) is 4.91. The van der Waals surface area contributed by atoms with Crippen LogP contribution in [0.1, 0.15) is 22.3 Å². The Labute approximate surface area is 127 Å². The fraction of sp³-hybridized carbons (Fsp3) is 0.235. The zero-order chi connectivity index (χ0) is 15.4. The van der Waals surface area contributed by atoms with Gasteiger partial charge in [0.2, 0.25) is 0 Å². The third kappa shape index (κ3) is 4.02. The zero-order valence-corrected chi connectivity index (χ0v) is 12.9. The first kappa shape index (κ1) is 15.4. The van der Waals surface area contributed by atoms with E-state index in [4.69, 9.17) is 5.11 Å². The molecule has 2 aromatic rings. The summed E-state index contributed by atoms with van der Waals surface area (Å²) in [4.78, 5) is 11.4. The summed E-state index contributed by atoms with van der Waals surface area (Å²) in [6, 6.07) is 13.0. The lowest BCUT2D eigenvalue weighted by atomic mass is 10.1. The number of carbonyl (C=O) groups is 1. The van der Waals surface area contributed by atoms with E-state index in [1.54, 1.807) is 24.3 Å². The maximum Gasteiger partial charge on any atom is 0.307 e.